The lowest BCUT2D eigenvalue weighted by molar-refractivity contribution is -0.112. The van der Waals surface area contributed by atoms with Crippen LogP contribution in [0.3, 0.4) is 0 Å². The van der Waals surface area contributed by atoms with E-state index in [9.17, 15) is 14.0 Å². The summed E-state index contributed by atoms with van der Waals surface area (Å²) >= 11 is 2.87. The predicted octanol–water partition coefficient (Wildman–Crippen LogP) is 1.98. The lowest BCUT2D eigenvalue weighted by atomic mass is 10.1. The second-order valence-electron chi connectivity index (χ2n) is 2.73. The Kier molecular flexibility index (Phi) is 3.96. The summed E-state index contributed by atoms with van der Waals surface area (Å²) in [7, 11) is 1.35. The predicted molar refractivity (Wildman–Crippen MR) is 56.1 cm³/mol. The molecule has 0 radical (unpaired) electrons. The quantitative estimate of drug-likeness (QED) is 0.479. The monoisotopic (exact) mass is 274 g/mol. The molecule has 1 aromatic carbocycles. The van der Waals surface area contributed by atoms with Crippen LogP contribution in [0.1, 0.15) is 10.4 Å². The van der Waals surface area contributed by atoms with Crippen LogP contribution < -0.4 is 4.74 Å². The molecule has 0 aliphatic carbocycles. The number of Topliss-reactive ketones (excluding diaryl/α,β-unsaturated/α-hetero) is 2. The smallest absolute Gasteiger partial charge is 0.233 e. The third-order valence-corrected chi connectivity index (χ3v) is 2.29. The van der Waals surface area contributed by atoms with Gasteiger partial charge in [-0.25, -0.2) is 4.39 Å². The van der Waals surface area contributed by atoms with Crippen molar-refractivity contribution in [3.8, 4) is 5.75 Å². The second kappa shape index (κ2) is 5.02. The molecule has 0 spiro atoms. The van der Waals surface area contributed by atoms with Gasteiger partial charge in [0.25, 0.3) is 0 Å². The third-order valence-electron chi connectivity index (χ3n) is 1.78. The number of hydrogen-bond acceptors (Lipinski definition) is 3. The Hall–Kier alpha value is -1.23. The zero-order chi connectivity index (χ0) is 11.4. The van der Waals surface area contributed by atoms with Gasteiger partial charge >= 0.3 is 0 Å². The molecule has 80 valence electrons. The highest BCUT2D eigenvalue weighted by Crippen LogP contribution is 2.20. The number of benzene rings is 1. The molecular weight excluding hydrogens is 267 g/mol. The van der Waals surface area contributed by atoms with E-state index in [-0.39, 0.29) is 16.6 Å². The van der Waals surface area contributed by atoms with Crippen molar-refractivity contribution in [2.24, 2.45) is 0 Å². The lowest BCUT2D eigenvalue weighted by Gasteiger charge is -2.05. The van der Waals surface area contributed by atoms with E-state index in [1.807, 2.05) is 0 Å². The van der Waals surface area contributed by atoms with E-state index >= 15 is 0 Å². The standard InChI is InChI=1S/C10H8BrFO3/c1-15-9-3-2-6(12)4-7(9)10(14)8(13)5-11/h2-4H,5H2,1H3. The second-order valence-corrected chi connectivity index (χ2v) is 3.29. The molecule has 0 saturated heterocycles. The maximum absolute atomic E-state index is 12.9. The van der Waals surface area contributed by atoms with Crippen LogP contribution >= 0.6 is 15.9 Å². The summed E-state index contributed by atoms with van der Waals surface area (Å²) in [5.74, 6) is -1.79. The van der Waals surface area contributed by atoms with Gasteiger partial charge in [0.1, 0.15) is 11.6 Å². The molecule has 0 saturated carbocycles. The van der Waals surface area contributed by atoms with Gasteiger partial charge in [-0.1, -0.05) is 15.9 Å². The van der Waals surface area contributed by atoms with Crippen LogP contribution in [0.15, 0.2) is 18.2 Å². The highest BCUT2D eigenvalue weighted by atomic mass is 79.9. The molecular formula is C10H8BrFO3. The van der Waals surface area contributed by atoms with Crippen LogP contribution in [0.25, 0.3) is 0 Å². The fourth-order valence-corrected chi connectivity index (χ4v) is 1.32. The van der Waals surface area contributed by atoms with E-state index in [1.165, 1.54) is 13.2 Å². The summed E-state index contributed by atoms with van der Waals surface area (Å²) < 4.78 is 17.7. The summed E-state index contributed by atoms with van der Waals surface area (Å²) in [5, 5.41) is -0.0918. The topological polar surface area (TPSA) is 43.4 Å². The third kappa shape index (κ3) is 2.62. The van der Waals surface area contributed by atoms with Gasteiger partial charge in [-0.3, -0.25) is 9.59 Å². The molecule has 0 heterocycles. The Morgan fingerprint density at radius 1 is 1.47 bits per heavy atom. The fourth-order valence-electron chi connectivity index (χ4n) is 1.07. The first-order valence-electron chi connectivity index (χ1n) is 4.07. The van der Waals surface area contributed by atoms with Gasteiger partial charge in [-0.15, -0.1) is 0 Å². The van der Waals surface area contributed by atoms with E-state index in [0.29, 0.717) is 0 Å². The van der Waals surface area contributed by atoms with Crippen molar-refractivity contribution >= 4 is 27.5 Å². The first kappa shape index (κ1) is 11.8. The van der Waals surface area contributed by atoms with E-state index in [1.54, 1.807) is 0 Å². The number of rotatable bonds is 4. The molecule has 0 aliphatic heterocycles. The van der Waals surface area contributed by atoms with Gasteiger partial charge < -0.3 is 4.74 Å². The van der Waals surface area contributed by atoms with Crippen molar-refractivity contribution in [3.05, 3.63) is 29.6 Å². The normalized spacial score (nSPS) is 9.80. The first-order valence-corrected chi connectivity index (χ1v) is 5.19. The van der Waals surface area contributed by atoms with Gasteiger partial charge in [0.05, 0.1) is 18.0 Å². The van der Waals surface area contributed by atoms with Gasteiger partial charge in [0, 0.05) is 0 Å². The van der Waals surface area contributed by atoms with Crippen molar-refractivity contribution < 1.29 is 18.7 Å². The molecule has 0 atom stereocenters. The van der Waals surface area contributed by atoms with E-state index < -0.39 is 17.4 Å². The van der Waals surface area contributed by atoms with Crippen LogP contribution in [0.2, 0.25) is 0 Å². The number of methoxy groups -OCH3 is 1. The number of carbonyl (C=O) groups excluding carboxylic acids is 2. The van der Waals surface area contributed by atoms with Gasteiger partial charge in [-0.2, -0.15) is 0 Å². The molecule has 0 amide bonds. The van der Waals surface area contributed by atoms with Crippen molar-refractivity contribution in [1.82, 2.24) is 0 Å². The zero-order valence-corrected chi connectivity index (χ0v) is 9.51. The minimum Gasteiger partial charge on any atom is -0.496 e. The number of ketones is 2. The number of halogens is 2. The molecule has 15 heavy (non-hydrogen) atoms. The largest absolute Gasteiger partial charge is 0.496 e. The molecule has 0 aliphatic rings. The van der Waals surface area contributed by atoms with Crippen LogP contribution in [-0.2, 0) is 4.79 Å². The number of ether oxygens (including phenoxy) is 1. The van der Waals surface area contributed by atoms with E-state index in [4.69, 9.17) is 4.74 Å². The lowest BCUT2D eigenvalue weighted by Crippen LogP contribution is -2.16. The average Bonchev–Trinajstić information content (AvgIpc) is 2.27. The van der Waals surface area contributed by atoms with Gasteiger partial charge in [0.2, 0.25) is 11.6 Å². The molecule has 0 fully saturated rings. The van der Waals surface area contributed by atoms with Crippen LogP contribution in [0.4, 0.5) is 4.39 Å². The maximum atomic E-state index is 12.9. The van der Waals surface area contributed by atoms with Gasteiger partial charge in [0.15, 0.2) is 0 Å². The molecule has 1 aromatic rings. The molecule has 0 bridgehead atoms. The van der Waals surface area contributed by atoms with Crippen LogP contribution in [0.5, 0.6) is 5.75 Å². The summed E-state index contributed by atoms with van der Waals surface area (Å²) in [5.41, 5.74) is -0.0537. The first-order chi connectivity index (χ1) is 7.10. The Bertz CT molecular complexity index is 404. The highest BCUT2D eigenvalue weighted by molar-refractivity contribution is 9.09. The minimum atomic E-state index is -0.761. The molecule has 0 N–H and O–H groups in total. The molecule has 0 aromatic heterocycles. The van der Waals surface area contributed by atoms with Crippen molar-refractivity contribution in [3.63, 3.8) is 0 Å². The minimum absolute atomic E-state index is 0.0537. The van der Waals surface area contributed by atoms with E-state index in [2.05, 4.69) is 15.9 Å². The fraction of sp³-hybridized carbons (Fsp3) is 0.200. The number of carbonyl (C=O) groups is 2. The maximum Gasteiger partial charge on any atom is 0.233 e. The Balaban J connectivity index is 3.17. The zero-order valence-electron chi connectivity index (χ0n) is 7.92. The molecule has 5 heteroatoms. The van der Waals surface area contributed by atoms with Gasteiger partial charge in [-0.05, 0) is 18.2 Å². The highest BCUT2D eigenvalue weighted by Gasteiger charge is 2.19. The summed E-state index contributed by atoms with van der Waals surface area (Å²) in [6.07, 6.45) is 0. The Labute approximate surface area is 94.4 Å². The van der Waals surface area contributed by atoms with Crippen molar-refractivity contribution in [2.75, 3.05) is 12.4 Å². The Morgan fingerprint density at radius 2 is 2.13 bits per heavy atom. The summed E-state index contributed by atoms with van der Waals surface area (Å²) in [6, 6.07) is 3.46. The van der Waals surface area contributed by atoms with E-state index in [0.717, 1.165) is 12.1 Å². The summed E-state index contributed by atoms with van der Waals surface area (Å²) in [6.45, 7) is 0. The average molecular weight is 275 g/mol. The SMILES string of the molecule is COc1ccc(F)cc1C(=O)C(=O)CBr. The van der Waals surface area contributed by atoms with Crippen LogP contribution in [0, 0.1) is 5.82 Å². The summed E-state index contributed by atoms with van der Waals surface area (Å²) in [4.78, 5) is 22.6. The molecule has 0 unspecified atom stereocenters. The molecule has 1 rings (SSSR count). The Morgan fingerprint density at radius 3 is 2.67 bits per heavy atom. The number of hydrogen-bond donors (Lipinski definition) is 0. The van der Waals surface area contributed by atoms with Crippen molar-refractivity contribution in [1.29, 1.82) is 0 Å². The van der Waals surface area contributed by atoms with Crippen molar-refractivity contribution in [2.45, 2.75) is 0 Å². The molecule has 3 nitrogen and oxygen atoms in total. The number of alkyl halides is 1. The van der Waals surface area contributed by atoms with Crippen LogP contribution in [-0.4, -0.2) is 24.0 Å².